The minimum atomic E-state index is -3.45. The summed E-state index contributed by atoms with van der Waals surface area (Å²) in [6.07, 6.45) is 5.98. The van der Waals surface area contributed by atoms with Crippen LogP contribution in [0, 0.1) is 0 Å². The lowest BCUT2D eigenvalue weighted by Gasteiger charge is -2.26. The average molecular weight is 273 g/mol. The molecule has 7 heteroatoms. The van der Waals surface area contributed by atoms with E-state index < -0.39 is 10.0 Å². The largest absolute Gasteiger partial charge is 0.377 e. The topological polar surface area (TPSA) is 64.4 Å². The second kappa shape index (κ2) is 5.38. The molecule has 0 saturated carbocycles. The van der Waals surface area contributed by atoms with E-state index in [0.29, 0.717) is 6.54 Å². The molecule has 1 atom stereocenters. The van der Waals surface area contributed by atoms with E-state index in [2.05, 4.69) is 5.10 Å². The van der Waals surface area contributed by atoms with Crippen LogP contribution in [0.1, 0.15) is 19.3 Å². The van der Waals surface area contributed by atoms with Crippen LogP contribution in [0.2, 0.25) is 0 Å². The van der Waals surface area contributed by atoms with Crippen LogP contribution in [0.5, 0.6) is 0 Å². The molecule has 6 nitrogen and oxygen atoms in total. The molecule has 2 heterocycles. The van der Waals surface area contributed by atoms with E-state index in [1.54, 1.807) is 14.1 Å². The summed E-state index contributed by atoms with van der Waals surface area (Å²) in [5, 5.41) is 3.89. The highest BCUT2D eigenvalue weighted by molar-refractivity contribution is 7.89. The van der Waals surface area contributed by atoms with Gasteiger partial charge < -0.3 is 4.74 Å². The van der Waals surface area contributed by atoms with Crippen molar-refractivity contribution in [2.75, 3.05) is 20.2 Å². The normalized spacial score (nSPS) is 21.4. The molecule has 0 aromatic carbocycles. The van der Waals surface area contributed by atoms with Gasteiger partial charge in [-0.1, -0.05) is 0 Å². The maximum absolute atomic E-state index is 12.2. The number of sulfonamides is 1. The van der Waals surface area contributed by atoms with Crippen LogP contribution in [0.15, 0.2) is 17.3 Å². The molecule has 1 fully saturated rings. The summed E-state index contributed by atoms with van der Waals surface area (Å²) in [4.78, 5) is 0.225. The van der Waals surface area contributed by atoms with Gasteiger partial charge in [-0.2, -0.15) is 9.40 Å². The van der Waals surface area contributed by atoms with Gasteiger partial charge in [-0.15, -0.1) is 0 Å². The quantitative estimate of drug-likeness (QED) is 0.806. The number of nitrogens with zero attached hydrogens (tertiary/aromatic N) is 3. The number of hydrogen-bond acceptors (Lipinski definition) is 4. The van der Waals surface area contributed by atoms with Crippen LogP contribution in [0.3, 0.4) is 0 Å². The summed E-state index contributed by atoms with van der Waals surface area (Å²) in [6, 6.07) is 0. The maximum atomic E-state index is 12.2. The van der Waals surface area contributed by atoms with E-state index in [0.717, 1.165) is 25.9 Å². The van der Waals surface area contributed by atoms with E-state index in [1.807, 2.05) is 0 Å². The molecule has 0 aliphatic carbocycles. The molecule has 1 aromatic rings. The van der Waals surface area contributed by atoms with Gasteiger partial charge in [0.05, 0.1) is 12.3 Å². The Balaban J connectivity index is 2.05. The SMILES string of the molecule is CN(CC1CCCCO1)S(=O)(=O)c1cnn(C)c1. The maximum Gasteiger partial charge on any atom is 0.246 e. The Hall–Kier alpha value is -0.920. The van der Waals surface area contributed by atoms with Gasteiger partial charge in [-0.25, -0.2) is 8.42 Å². The van der Waals surface area contributed by atoms with Crippen molar-refractivity contribution in [3.63, 3.8) is 0 Å². The summed E-state index contributed by atoms with van der Waals surface area (Å²) in [7, 11) is -0.166. The van der Waals surface area contributed by atoms with Crippen LogP contribution in [-0.2, 0) is 21.8 Å². The Bertz CT molecular complexity index is 491. The van der Waals surface area contributed by atoms with Gasteiger partial charge in [0.2, 0.25) is 10.0 Å². The summed E-state index contributed by atoms with van der Waals surface area (Å²) in [5.41, 5.74) is 0. The van der Waals surface area contributed by atoms with Crippen molar-refractivity contribution >= 4 is 10.0 Å². The molecule has 1 aliphatic rings. The van der Waals surface area contributed by atoms with Crippen molar-refractivity contribution in [3.8, 4) is 0 Å². The second-order valence-corrected chi connectivity index (χ2v) is 6.67. The first-order valence-corrected chi connectivity index (χ1v) is 7.51. The van der Waals surface area contributed by atoms with Crippen molar-refractivity contribution in [3.05, 3.63) is 12.4 Å². The van der Waals surface area contributed by atoms with Crippen molar-refractivity contribution < 1.29 is 13.2 Å². The fraction of sp³-hybridized carbons (Fsp3) is 0.727. The van der Waals surface area contributed by atoms with Crippen molar-refractivity contribution in [1.29, 1.82) is 0 Å². The van der Waals surface area contributed by atoms with E-state index in [-0.39, 0.29) is 11.0 Å². The molecule has 102 valence electrons. The lowest BCUT2D eigenvalue weighted by molar-refractivity contribution is 0.00858. The first kappa shape index (κ1) is 13.5. The zero-order valence-electron chi connectivity index (χ0n) is 10.7. The Morgan fingerprint density at radius 2 is 2.33 bits per heavy atom. The molecule has 0 N–H and O–H groups in total. The predicted octanol–water partition coefficient (Wildman–Crippen LogP) is 0.610. The van der Waals surface area contributed by atoms with Crippen molar-refractivity contribution in [2.24, 2.45) is 7.05 Å². The third-order valence-corrected chi connectivity index (χ3v) is 4.90. The minimum Gasteiger partial charge on any atom is -0.377 e. The second-order valence-electron chi connectivity index (χ2n) is 4.62. The minimum absolute atomic E-state index is 0.00944. The number of aromatic nitrogens is 2. The number of aryl methyl sites for hydroxylation is 1. The number of hydrogen-bond donors (Lipinski definition) is 0. The number of rotatable bonds is 4. The van der Waals surface area contributed by atoms with Crippen molar-refractivity contribution in [1.82, 2.24) is 14.1 Å². The summed E-state index contributed by atoms with van der Waals surface area (Å²) in [5.74, 6) is 0. The highest BCUT2D eigenvalue weighted by Crippen LogP contribution is 2.18. The van der Waals surface area contributed by atoms with Gasteiger partial charge in [0.25, 0.3) is 0 Å². The highest BCUT2D eigenvalue weighted by Gasteiger charge is 2.26. The van der Waals surface area contributed by atoms with E-state index >= 15 is 0 Å². The van der Waals surface area contributed by atoms with E-state index in [1.165, 1.54) is 21.4 Å². The number of ether oxygens (including phenoxy) is 1. The first-order valence-electron chi connectivity index (χ1n) is 6.07. The molecule has 1 aliphatic heterocycles. The van der Waals surface area contributed by atoms with Crippen LogP contribution in [0.25, 0.3) is 0 Å². The highest BCUT2D eigenvalue weighted by atomic mass is 32.2. The Morgan fingerprint density at radius 3 is 2.89 bits per heavy atom. The lowest BCUT2D eigenvalue weighted by atomic mass is 10.1. The standard InChI is InChI=1S/C11H19N3O3S/c1-13-9-11(7-12-13)18(15,16)14(2)8-10-5-3-4-6-17-10/h7,9-10H,3-6,8H2,1-2H3. The molecule has 0 bridgehead atoms. The Morgan fingerprint density at radius 1 is 1.56 bits per heavy atom. The molecule has 1 aromatic heterocycles. The zero-order chi connectivity index (χ0) is 13.2. The molecule has 1 saturated heterocycles. The monoisotopic (exact) mass is 273 g/mol. The third kappa shape index (κ3) is 2.90. The van der Waals surface area contributed by atoms with Crippen LogP contribution in [0.4, 0.5) is 0 Å². The summed E-state index contributed by atoms with van der Waals surface area (Å²) < 4.78 is 32.9. The van der Waals surface area contributed by atoms with Gasteiger partial charge in [-0.3, -0.25) is 4.68 Å². The van der Waals surface area contributed by atoms with E-state index in [4.69, 9.17) is 4.74 Å². The fourth-order valence-corrected chi connectivity index (χ4v) is 3.24. The molecular formula is C11H19N3O3S. The molecule has 2 rings (SSSR count). The molecule has 1 unspecified atom stereocenters. The van der Waals surface area contributed by atoms with Gasteiger partial charge in [-0.05, 0) is 19.3 Å². The summed E-state index contributed by atoms with van der Waals surface area (Å²) >= 11 is 0. The third-order valence-electron chi connectivity index (χ3n) is 3.12. The lowest BCUT2D eigenvalue weighted by Crippen LogP contribution is -2.37. The van der Waals surface area contributed by atoms with Crippen LogP contribution < -0.4 is 0 Å². The molecule has 0 radical (unpaired) electrons. The fourth-order valence-electron chi connectivity index (χ4n) is 2.05. The van der Waals surface area contributed by atoms with Gasteiger partial charge in [0, 0.05) is 33.4 Å². The molecular weight excluding hydrogens is 254 g/mol. The first-order chi connectivity index (χ1) is 8.50. The molecule has 0 amide bonds. The molecule has 0 spiro atoms. The Kier molecular flexibility index (Phi) is 4.04. The van der Waals surface area contributed by atoms with Crippen LogP contribution >= 0.6 is 0 Å². The zero-order valence-corrected chi connectivity index (χ0v) is 11.6. The van der Waals surface area contributed by atoms with Crippen LogP contribution in [-0.4, -0.2) is 48.8 Å². The smallest absolute Gasteiger partial charge is 0.246 e. The van der Waals surface area contributed by atoms with Crippen molar-refractivity contribution in [2.45, 2.75) is 30.3 Å². The number of likely N-dealkylation sites (N-methyl/N-ethyl adjacent to an activating group) is 1. The Labute approximate surface area is 108 Å². The summed E-state index contributed by atoms with van der Waals surface area (Å²) in [6.45, 7) is 1.13. The van der Waals surface area contributed by atoms with E-state index in [9.17, 15) is 8.42 Å². The van der Waals surface area contributed by atoms with Gasteiger partial charge in [0.15, 0.2) is 0 Å². The molecule has 18 heavy (non-hydrogen) atoms. The van der Waals surface area contributed by atoms with Gasteiger partial charge in [0.1, 0.15) is 4.90 Å². The van der Waals surface area contributed by atoms with Gasteiger partial charge >= 0.3 is 0 Å². The predicted molar refractivity (Wildman–Crippen MR) is 66.6 cm³/mol. The average Bonchev–Trinajstić information content (AvgIpc) is 2.78.